The van der Waals surface area contributed by atoms with Crippen molar-refractivity contribution < 1.29 is 8.83 Å². The minimum atomic E-state index is -0.267. The molecule has 19 rings (SSSR count). The van der Waals surface area contributed by atoms with Crippen LogP contribution in [0.25, 0.3) is 154 Å². The molecule has 0 amide bonds. The van der Waals surface area contributed by atoms with E-state index >= 15 is 0 Å². The average molecular weight is 1520 g/mol. The number of furan rings is 2. The molecule has 116 heavy (non-hydrogen) atoms. The minimum absolute atomic E-state index is 0.147. The van der Waals surface area contributed by atoms with Gasteiger partial charge in [-0.1, -0.05) is 379 Å². The van der Waals surface area contributed by atoms with Crippen LogP contribution in [0.5, 0.6) is 0 Å². The second-order valence-corrected chi connectivity index (χ2v) is 36.8. The zero-order valence-electron chi connectivity index (χ0n) is 70.6. The zero-order chi connectivity index (χ0) is 78.9. The number of hydrogen-bond donors (Lipinski definition) is 0. The summed E-state index contributed by atoms with van der Waals surface area (Å²) < 4.78 is 13.2. The van der Waals surface area contributed by atoms with Gasteiger partial charge >= 0.3 is 0 Å². The molecule has 0 aliphatic heterocycles. The topological polar surface area (TPSA) is 26.3 Å². The van der Waals surface area contributed by atoms with E-state index in [2.05, 4.69) is 286 Å². The van der Waals surface area contributed by atoms with Crippen molar-refractivity contribution in [3.8, 4) is 89.0 Å². The Kier molecular flexibility index (Phi) is 20.6. The van der Waals surface area contributed by atoms with E-state index in [1.165, 1.54) is 290 Å². The Hall–Kier alpha value is -10.0. The number of unbranched alkanes of at least 4 members (excludes halogenated alkanes) is 20. The Morgan fingerprint density at radius 3 is 0.802 bits per heavy atom. The van der Waals surface area contributed by atoms with Gasteiger partial charge in [-0.25, -0.2) is 0 Å². The SMILES string of the molecule is CCCCCCCCC1(CCCCCCCC)c2cc3c(cc2-c2cc4c(cc21)-c1cc2c(cc1C4(CCCCCCCC)CCCCCCCC)-c1c(cc(-c4ccc(-c5cccc6c5oc5ccccc56)cc4)c4ccccc14)C2(C)C)C(C)(C)c1cc(-c2ccc(-c4cccc5c4oc4ccccc45)cc2)c2ccccc2c1-3. The van der Waals surface area contributed by atoms with Gasteiger partial charge in [-0.15, -0.1) is 0 Å². The first-order chi connectivity index (χ1) is 56.9. The summed E-state index contributed by atoms with van der Waals surface area (Å²) in [5.41, 5.74) is 37.0. The molecule has 13 aromatic carbocycles. The summed E-state index contributed by atoms with van der Waals surface area (Å²) in [6.45, 7) is 19.7. The van der Waals surface area contributed by atoms with Crippen LogP contribution in [-0.2, 0) is 21.7 Å². The average Bonchev–Trinajstić information content (AvgIpc) is 1.51. The molecule has 0 radical (unpaired) electrons. The summed E-state index contributed by atoms with van der Waals surface area (Å²) >= 11 is 0. The lowest BCUT2D eigenvalue weighted by Crippen LogP contribution is -2.27. The maximum atomic E-state index is 6.62. The summed E-state index contributed by atoms with van der Waals surface area (Å²) in [4.78, 5) is 0. The molecule has 15 aromatic rings. The van der Waals surface area contributed by atoms with Gasteiger partial charge in [0.25, 0.3) is 0 Å². The molecule has 0 saturated carbocycles. The number of para-hydroxylation sites is 4. The second kappa shape index (κ2) is 31.4. The van der Waals surface area contributed by atoms with Crippen molar-refractivity contribution in [3.05, 3.63) is 275 Å². The third-order valence-corrected chi connectivity index (χ3v) is 29.1. The fraction of sp³-hybridized carbons (Fsp3) is 0.351. The summed E-state index contributed by atoms with van der Waals surface area (Å²) in [7, 11) is 0. The highest BCUT2D eigenvalue weighted by Crippen LogP contribution is 2.66. The highest BCUT2D eigenvalue weighted by molar-refractivity contribution is 6.14. The van der Waals surface area contributed by atoms with Crippen LogP contribution in [0.2, 0.25) is 0 Å². The minimum Gasteiger partial charge on any atom is -0.455 e. The van der Waals surface area contributed by atoms with E-state index in [0.29, 0.717) is 0 Å². The monoisotopic (exact) mass is 1520 g/mol. The molecule has 0 N–H and O–H groups in total. The van der Waals surface area contributed by atoms with E-state index in [1.807, 2.05) is 0 Å². The van der Waals surface area contributed by atoms with E-state index in [0.717, 1.165) is 55.0 Å². The summed E-state index contributed by atoms with van der Waals surface area (Å²) in [6.07, 6.45) is 35.7. The van der Waals surface area contributed by atoms with Crippen molar-refractivity contribution >= 4 is 65.4 Å². The molecular weight excluding hydrogens is 1400 g/mol. The smallest absolute Gasteiger partial charge is 0.143 e. The van der Waals surface area contributed by atoms with Crippen molar-refractivity contribution in [2.75, 3.05) is 0 Å². The number of hydrogen-bond acceptors (Lipinski definition) is 2. The standard InChI is InChI=1S/C114H118O2/c1-9-13-17-21-25-37-63-113(64-38-26-22-18-14-10-2)99-71-94-92-70-98-96(108-86-48-32-30-44-82(86)90(68-104(108)112(98,7)8)78-61-57-76(58-62-78)80-50-42-52-88-84-46-34-36-54-106(84)116-110(80)88)74-102(92)114(65-39-27-23-19-15-11-3,66-40-28-24-20-16-12-4)100(94)72-93(99)91-69-97-95(73-101(91)113)107-85-47-31-29-43-81(85)89(67-103(107)111(97,5)6)77-59-55-75(56-60-77)79-49-41-51-87-83-45-33-35-53-105(83)115-109(79)87/h29-36,41-62,67-74H,9-28,37-40,63-66H2,1-8H3. The van der Waals surface area contributed by atoms with Gasteiger partial charge in [0.05, 0.1) is 0 Å². The second-order valence-electron chi connectivity index (χ2n) is 36.8. The van der Waals surface area contributed by atoms with Crippen LogP contribution in [0.1, 0.15) is 280 Å². The predicted molar refractivity (Wildman–Crippen MR) is 497 cm³/mol. The fourth-order valence-corrected chi connectivity index (χ4v) is 22.9. The van der Waals surface area contributed by atoms with E-state index in [-0.39, 0.29) is 21.7 Å². The molecule has 0 spiro atoms. The molecule has 0 saturated heterocycles. The maximum absolute atomic E-state index is 6.62. The first kappa shape index (κ1) is 76.0. The molecule has 0 fully saturated rings. The van der Waals surface area contributed by atoms with Crippen molar-refractivity contribution in [1.29, 1.82) is 0 Å². The molecule has 2 heteroatoms. The van der Waals surface area contributed by atoms with Crippen molar-refractivity contribution in [1.82, 2.24) is 0 Å². The predicted octanol–water partition coefficient (Wildman–Crippen LogP) is 34.6. The fourth-order valence-electron chi connectivity index (χ4n) is 22.9. The Labute approximate surface area is 690 Å². The van der Waals surface area contributed by atoms with E-state index in [1.54, 1.807) is 33.4 Å². The lowest BCUT2D eigenvalue weighted by molar-refractivity contribution is 0.394. The third kappa shape index (κ3) is 12.8. The Morgan fingerprint density at radius 1 is 0.207 bits per heavy atom. The van der Waals surface area contributed by atoms with Gasteiger partial charge in [0.1, 0.15) is 22.3 Å². The first-order valence-electron chi connectivity index (χ1n) is 45.6. The van der Waals surface area contributed by atoms with Gasteiger partial charge in [-0.3, -0.25) is 0 Å². The molecule has 0 atom stereocenters. The summed E-state index contributed by atoms with van der Waals surface area (Å²) in [5.74, 6) is 0. The lowest BCUT2D eigenvalue weighted by atomic mass is 9.68. The van der Waals surface area contributed by atoms with Gasteiger partial charge in [-0.05, 0) is 230 Å². The molecule has 2 aromatic heterocycles. The van der Waals surface area contributed by atoms with E-state index < -0.39 is 0 Å². The van der Waals surface area contributed by atoms with Crippen molar-refractivity contribution in [2.24, 2.45) is 0 Å². The third-order valence-electron chi connectivity index (χ3n) is 29.1. The highest BCUT2D eigenvalue weighted by Gasteiger charge is 2.51. The maximum Gasteiger partial charge on any atom is 0.143 e. The summed E-state index contributed by atoms with van der Waals surface area (Å²) in [6, 6.07) is 90.3. The molecule has 586 valence electrons. The van der Waals surface area contributed by atoms with Gasteiger partial charge in [0, 0.05) is 54.3 Å². The lowest BCUT2D eigenvalue weighted by Gasteiger charge is -2.35. The molecular formula is C114H118O2. The van der Waals surface area contributed by atoms with Crippen LogP contribution in [0.15, 0.2) is 239 Å². The van der Waals surface area contributed by atoms with Crippen LogP contribution in [0, 0.1) is 0 Å². The van der Waals surface area contributed by atoms with E-state index in [4.69, 9.17) is 8.83 Å². The molecule has 2 heterocycles. The van der Waals surface area contributed by atoms with Crippen molar-refractivity contribution in [3.63, 3.8) is 0 Å². The Morgan fingerprint density at radius 2 is 0.466 bits per heavy atom. The Balaban J connectivity index is 0.776. The number of rotatable bonds is 32. The van der Waals surface area contributed by atoms with Crippen LogP contribution in [0.3, 0.4) is 0 Å². The van der Waals surface area contributed by atoms with Crippen molar-refractivity contribution in [2.45, 2.75) is 257 Å². The van der Waals surface area contributed by atoms with Gasteiger partial charge < -0.3 is 8.83 Å². The molecule has 0 bridgehead atoms. The number of benzene rings is 13. The number of fused-ring (bicyclic) bond motifs is 22. The normalized spacial score (nSPS) is 14.8. The van der Waals surface area contributed by atoms with Gasteiger partial charge in [-0.2, -0.15) is 0 Å². The Bertz CT molecular complexity index is 5800. The van der Waals surface area contributed by atoms with E-state index in [9.17, 15) is 0 Å². The van der Waals surface area contributed by atoms with Gasteiger partial charge in [0.15, 0.2) is 0 Å². The zero-order valence-corrected chi connectivity index (χ0v) is 70.6. The van der Waals surface area contributed by atoms with Gasteiger partial charge in [0.2, 0.25) is 0 Å². The molecule has 4 aliphatic rings. The molecule has 0 unspecified atom stereocenters. The highest BCUT2D eigenvalue weighted by atomic mass is 16.3. The molecule has 4 aliphatic carbocycles. The largest absolute Gasteiger partial charge is 0.455 e. The van der Waals surface area contributed by atoms with Crippen LogP contribution in [0.4, 0.5) is 0 Å². The van der Waals surface area contributed by atoms with Crippen LogP contribution in [-0.4, -0.2) is 0 Å². The van der Waals surface area contributed by atoms with Crippen LogP contribution >= 0.6 is 0 Å². The first-order valence-corrected chi connectivity index (χ1v) is 45.6. The quantitative estimate of drug-likeness (QED) is 0.0393. The summed E-state index contributed by atoms with van der Waals surface area (Å²) in [5, 5.41) is 10.0. The molecule has 2 nitrogen and oxygen atoms in total. The van der Waals surface area contributed by atoms with Crippen LogP contribution < -0.4 is 0 Å².